The molecule has 1 amide bonds. The summed E-state index contributed by atoms with van der Waals surface area (Å²) in [4.78, 5) is 14.4. The molecule has 0 saturated carbocycles. The number of furan rings is 1. The number of hydrogen-bond donors (Lipinski definition) is 1. The fourth-order valence-electron chi connectivity index (χ4n) is 3.04. The Labute approximate surface area is 108 Å². The van der Waals surface area contributed by atoms with Crippen molar-refractivity contribution in [3.8, 4) is 0 Å². The molecule has 2 aliphatic rings. The zero-order valence-electron chi connectivity index (χ0n) is 9.65. The molecule has 17 heavy (non-hydrogen) atoms. The Bertz CT molecular complexity index is 445. The zero-order chi connectivity index (χ0) is 12.0. The Morgan fingerprint density at radius 1 is 1.59 bits per heavy atom. The van der Waals surface area contributed by atoms with Gasteiger partial charge in [-0.15, -0.1) is 0 Å². The topological polar surface area (TPSA) is 45.5 Å². The lowest BCUT2D eigenvalue weighted by atomic mass is 9.95. The molecule has 92 valence electrons. The minimum atomic E-state index is 0.0764. The molecule has 3 heterocycles. The molecule has 0 aliphatic carbocycles. The number of nitrogens with zero attached hydrogens (tertiary/aromatic N) is 1. The van der Waals surface area contributed by atoms with Crippen molar-refractivity contribution in [3.05, 3.63) is 22.6 Å². The normalized spacial score (nSPS) is 31.9. The standard InChI is InChI=1S/C12H15BrN2O2/c1-7-10-5-14-4-8(10)6-15(7)12(16)9-2-3-17-11(9)13/h2-3,7-8,10,14H,4-6H2,1H3. The second-order valence-electron chi connectivity index (χ2n) is 4.89. The van der Waals surface area contributed by atoms with Crippen LogP contribution in [0, 0.1) is 11.8 Å². The lowest BCUT2D eigenvalue weighted by molar-refractivity contribution is 0.0726. The number of halogens is 1. The molecule has 0 spiro atoms. The van der Waals surface area contributed by atoms with E-state index in [2.05, 4.69) is 28.2 Å². The van der Waals surface area contributed by atoms with E-state index in [-0.39, 0.29) is 5.91 Å². The van der Waals surface area contributed by atoms with Gasteiger partial charge in [0.25, 0.3) is 5.91 Å². The molecule has 2 aliphatic heterocycles. The van der Waals surface area contributed by atoms with Gasteiger partial charge in [-0.2, -0.15) is 0 Å². The molecule has 3 unspecified atom stereocenters. The van der Waals surface area contributed by atoms with Crippen molar-refractivity contribution < 1.29 is 9.21 Å². The first-order valence-corrected chi connectivity index (χ1v) is 6.72. The van der Waals surface area contributed by atoms with E-state index < -0.39 is 0 Å². The van der Waals surface area contributed by atoms with Gasteiger partial charge in [0.1, 0.15) is 0 Å². The van der Waals surface area contributed by atoms with Crippen LogP contribution in [0.15, 0.2) is 21.4 Å². The average Bonchev–Trinajstić information content (AvgIpc) is 2.96. The van der Waals surface area contributed by atoms with Crippen LogP contribution in [0.2, 0.25) is 0 Å². The molecule has 1 aromatic heterocycles. The number of amides is 1. The highest BCUT2D eigenvalue weighted by atomic mass is 79.9. The maximum Gasteiger partial charge on any atom is 0.258 e. The van der Waals surface area contributed by atoms with E-state index in [9.17, 15) is 4.79 Å². The van der Waals surface area contributed by atoms with Gasteiger partial charge in [0.15, 0.2) is 4.67 Å². The first-order valence-electron chi connectivity index (χ1n) is 5.93. The van der Waals surface area contributed by atoms with E-state index in [4.69, 9.17) is 4.42 Å². The average molecular weight is 299 g/mol. The molecular weight excluding hydrogens is 284 g/mol. The van der Waals surface area contributed by atoms with E-state index in [1.54, 1.807) is 12.3 Å². The lowest BCUT2D eigenvalue weighted by Gasteiger charge is -2.24. The molecule has 0 aromatic carbocycles. The van der Waals surface area contributed by atoms with E-state index in [1.165, 1.54) is 0 Å². The van der Waals surface area contributed by atoms with E-state index in [0.717, 1.165) is 19.6 Å². The van der Waals surface area contributed by atoms with Crippen molar-refractivity contribution in [1.82, 2.24) is 10.2 Å². The summed E-state index contributed by atoms with van der Waals surface area (Å²) in [6.07, 6.45) is 1.54. The monoisotopic (exact) mass is 298 g/mol. The molecule has 2 fully saturated rings. The Balaban J connectivity index is 1.82. The summed E-state index contributed by atoms with van der Waals surface area (Å²) in [6, 6.07) is 2.04. The largest absolute Gasteiger partial charge is 0.457 e. The molecule has 5 heteroatoms. The summed E-state index contributed by atoms with van der Waals surface area (Å²) in [7, 11) is 0. The van der Waals surface area contributed by atoms with Crippen LogP contribution in [0.4, 0.5) is 0 Å². The third-order valence-electron chi connectivity index (χ3n) is 4.04. The van der Waals surface area contributed by atoms with Crippen molar-refractivity contribution in [2.75, 3.05) is 19.6 Å². The van der Waals surface area contributed by atoms with E-state index >= 15 is 0 Å². The molecule has 1 N–H and O–H groups in total. The van der Waals surface area contributed by atoms with E-state index in [1.807, 2.05) is 4.90 Å². The summed E-state index contributed by atoms with van der Waals surface area (Å²) in [5.41, 5.74) is 0.629. The van der Waals surface area contributed by atoms with Crippen LogP contribution < -0.4 is 5.32 Å². The summed E-state index contributed by atoms with van der Waals surface area (Å²) >= 11 is 3.27. The van der Waals surface area contributed by atoms with Gasteiger partial charge in [0, 0.05) is 25.7 Å². The van der Waals surface area contributed by atoms with Gasteiger partial charge in [-0.3, -0.25) is 4.79 Å². The summed E-state index contributed by atoms with van der Waals surface area (Å²) in [5.74, 6) is 1.29. The number of carbonyl (C=O) groups excluding carboxylic acids is 1. The Morgan fingerprint density at radius 2 is 2.41 bits per heavy atom. The van der Waals surface area contributed by atoms with Crippen molar-refractivity contribution >= 4 is 21.8 Å². The number of hydrogen-bond acceptors (Lipinski definition) is 3. The van der Waals surface area contributed by atoms with E-state index in [0.29, 0.717) is 28.1 Å². The Hall–Kier alpha value is -0.810. The molecule has 1 aromatic rings. The summed E-state index contributed by atoms with van der Waals surface area (Å²) in [6.45, 7) is 5.06. The number of carbonyl (C=O) groups is 1. The Kier molecular flexibility index (Phi) is 2.75. The number of nitrogens with one attached hydrogen (secondary N) is 1. The first-order chi connectivity index (χ1) is 8.18. The van der Waals surface area contributed by atoms with Crippen LogP contribution in [0.1, 0.15) is 17.3 Å². The fraction of sp³-hybridized carbons (Fsp3) is 0.583. The SMILES string of the molecule is CC1C2CNCC2CN1C(=O)c1ccoc1Br. The second-order valence-corrected chi connectivity index (χ2v) is 5.61. The van der Waals surface area contributed by atoms with Gasteiger partial charge in [0.05, 0.1) is 11.8 Å². The second kappa shape index (κ2) is 4.14. The van der Waals surface area contributed by atoms with Crippen LogP contribution in [0.25, 0.3) is 0 Å². The first kappa shape index (κ1) is 11.3. The minimum Gasteiger partial charge on any atom is -0.457 e. The molecule has 0 radical (unpaired) electrons. The van der Waals surface area contributed by atoms with Gasteiger partial charge >= 0.3 is 0 Å². The predicted octanol–water partition coefficient (Wildman–Crippen LogP) is 1.72. The molecule has 3 rings (SSSR count). The van der Waals surface area contributed by atoms with Gasteiger partial charge < -0.3 is 14.6 Å². The quantitative estimate of drug-likeness (QED) is 0.859. The van der Waals surface area contributed by atoms with Crippen LogP contribution >= 0.6 is 15.9 Å². The molecule has 0 bridgehead atoms. The molecule has 2 saturated heterocycles. The van der Waals surface area contributed by atoms with Crippen molar-refractivity contribution in [2.24, 2.45) is 11.8 Å². The maximum absolute atomic E-state index is 12.4. The predicted molar refractivity (Wildman–Crippen MR) is 66.8 cm³/mol. The van der Waals surface area contributed by atoms with Crippen LogP contribution in [-0.2, 0) is 0 Å². The lowest BCUT2D eigenvalue weighted by Crippen LogP contribution is -2.38. The molecule has 4 nitrogen and oxygen atoms in total. The van der Waals surface area contributed by atoms with Gasteiger partial charge in [-0.25, -0.2) is 0 Å². The fourth-order valence-corrected chi connectivity index (χ4v) is 3.45. The highest BCUT2D eigenvalue weighted by Gasteiger charge is 2.44. The minimum absolute atomic E-state index is 0.0764. The summed E-state index contributed by atoms with van der Waals surface area (Å²) < 4.78 is 5.66. The molecular formula is C12H15BrN2O2. The highest BCUT2D eigenvalue weighted by molar-refractivity contribution is 9.10. The van der Waals surface area contributed by atoms with Gasteiger partial charge in [0.2, 0.25) is 0 Å². The van der Waals surface area contributed by atoms with Crippen molar-refractivity contribution in [1.29, 1.82) is 0 Å². The Morgan fingerprint density at radius 3 is 3.06 bits per heavy atom. The summed E-state index contributed by atoms with van der Waals surface area (Å²) in [5, 5.41) is 3.39. The van der Waals surface area contributed by atoms with Crippen LogP contribution in [0.3, 0.4) is 0 Å². The third-order valence-corrected chi connectivity index (χ3v) is 4.66. The zero-order valence-corrected chi connectivity index (χ0v) is 11.2. The van der Waals surface area contributed by atoms with Gasteiger partial charge in [-0.1, -0.05) is 0 Å². The smallest absolute Gasteiger partial charge is 0.258 e. The maximum atomic E-state index is 12.4. The van der Waals surface area contributed by atoms with Crippen LogP contribution in [-0.4, -0.2) is 36.5 Å². The van der Waals surface area contributed by atoms with Crippen molar-refractivity contribution in [2.45, 2.75) is 13.0 Å². The molecule has 3 atom stereocenters. The number of likely N-dealkylation sites (tertiary alicyclic amines) is 1. The van der Waals surface area contributed by atoms with Gasteiger partial charge in [-0.05, 0) is 40.8 Å². The third kappa shape index (κ3) is 1.72. The van der Waals surface area contributed by atoms with Crippen LogP contribution in [0.5, 0.6) is 0 Å². The number of rotatable bonds is 1. The van der Waals surface area contributed by atoms with Crippen molar-refractivity contribution in [3.63, 3.8) is 0 Å². The highest BCUT2D eigenvalue weighted by Crippen LogP contribution is 2.34. The number of fused-ring (bicyclic) bond motifs is 1.